The number of pyridine rings is 1. The van der Waals surface area contributed by atoms with Crippen LogP contribution in [0.5, 0.6) is 0 Å². The second-order valence-electron chi connectivity index (χ2n) is 3.34. The minimum absolute atomic E-state index is 0.0445. The fourth-order valence-electron chi connectivity index (χ4n) is 1.66. The Balaban J connectivity index is 2.30. The van der Waals surface area contributed by atoms with E-state index < -0.39 is 0 Å². The van der Waals surface area contributed by atoms with Gasteiger partial charge in [-0.1, -0.05) is 0 Å². The third-order valence-corrected chi connectivity index (χ3v) is 3.04. The summed E-state index contributed by atoms with van der Waals surface area (Å²) in [6, 6.07) is 3.94. The maximum absolute atomic E-state index is 5.55. The number of halogens is 1. The molecule has 2 heterocycles. The summed E-state index contributed by atoms with van der Waals surface area (Å²) in [5.41, 5.74) is 0.966. The van der Waals surface area contributed by atoms with Crippen LogP contribution in [-0.2, 0) is 4.74 Å². The average molecular weight is 269 g/mol. The summed E-state index contributed by atoms with van der Waals surface area (Å²) in [5.74, 6) is 0.969. The van der Waals surface area contributed by atoms with Gasteiger partial charge < -0.3 is 10.1 Å². The van der Waals surface area contributed by atoms with Crippen molar-refractivity contribution in [2.24, 2.45) is 0 Å². The normalized spacial score (nSPS) is 17.1. The Bertz CT molecular complexity index is 379. The lowest BCUT2D eigenvalue weighted by Crippen LogP contribution is -2.20. The highest BCUT2D eigenvalue weighted by atomic mass is 79.9. The van der Waals surface area contributed by atoms with Gasteiger partial charge in [-0.25, -0.2) is 0 Å². The van der Waals surface area contributed by atoms with Crippen LogP contribution in [0.2, 0.25) is 0 Å². The fraction of sp³-hybridized carbons (Fsp3) is 0.364. The van der Waals surface area contributed by atoms with Crippen molar-refractivity contribution >= 4 is 15.9 Å². The molecule has 0 aromatic carbocycles. The molecule has 1 aromatic rings. The summed E-state index contributed by atoms with van der Waals surface area (Å²) < 4.78 is 6.55. The summed E-state index contributed by atoms with van der Waals surface area (Å²) in [5, 5.41) is 3.22. The van der Waals surface area contributed by atoms with Gasteiger partial charge in [0.05, 0.1) is 12.3 Å². The largest absolute Gasteiger partial charge is 0.496 e. The number of hydrogen-bond acceptors (Lipinski definition) is 3. The van der Waals surface area contributed by atoms with Gasteiger partial charge in [0.1, 0.15) is 11.8 Å². The van der Waals surface area contributed by atoms with Crippen molar-refractivity contribution in [2.45, 2.75) is 12.5 Å². The quantitative estimate of drug-likeness (QED) is 0.915. The molecule has 15 heavy (non-hydrogen) atoms. The number of hydrogen-bond donors (Lipinski definition) is 1. The SMILES string of the molecule is CNC(C1=CCCO1)c1ncccc1Br. The lowest BCUT2D eigenvalue weighted by Gasteiger charge is -2.17. The first-order valence-corrected chi connectivity index (χ1v) is 5.72. The molecule has 0 bridgehead atoms. The molecule has 1 aliphatic heterocycles. The van der Waals surface area contributed by atoms with Gasteiger partial charge in [-0.15, -0.1) is 0 Å². The van der Waals surface area contributed by atoms with Crippen LogP contribution >= 0.6 is 15.9 Å². The third kappa shape index (κ3) is 2.21. The minimum atomic E-state index is 0.0445. The maximum atomic E-state index is 5.55. The highest BCUT2D eigenvalue weighted by molar-refractivity contribution is 9.10. The molecule has 1 unspecified atom stereocenters. The fourth-order valence-corrected chi connectivity index (χ4v) is 2.15. The second kappa shape index (κ2) is 4.77. The summed E-state index contributed by atoms with van der Waals surface area (Å²) in [6.45, 7) is 0.776. The molecule has 0 amide bonds. The molecule has 0 aliphatic carbocycles. The molecule has 4 heteroatoms. The van der Waals surface area contributed by atoms with E-state index in [1.54, 1.807) is 6.20 Å². The standard InChI is InChI=1S/C11H13BrN2O/c1-13-11(9-5-3-7-15-9)10-8(12)4-2-6-14-10/h2,4-6,11,13H,3,7H2,1H3. The molecule has 80 valence electrons. The van der Waals surface area contributed by atoms with Crippen molar-refractivity contribution in [2.75, 3.05) is 13.7 Å². The van der Waals surface area contributed by atoms with Crippen molar-refractivity contribution < 1.29 is 4.74 Å². The van der Waals surface area contributed by atoms with Gasteiger partial charge in [0.25, 0.3) is 0 Å². The van der Waals surface area contributed by atoms with Crippen LogP contribution in [0.25, 0.3) is 0 Å². The highest BCUT2D eigenvalue weighted by Gasteiger charge is 2.21. The molecule has 1 aliphatic rings. The van der Waals surface area contributed by atoms with E-state index in [-0.39, 0.29) is 6.04 Å². The van der Waals surface area contributed by atoms with E-state index in [1.165, 1.54) is 0 Å². The van der Waals surface area contributed by atoms with Gasteiger partial charge in [-0.3, -0.25) is 4.98 Å². The first-order chi connectivity index (χ1) is 7.33. The van der Waals surface area contributed by atoms with Gasteiger partial charge >= 0.3 is 0 Å². The number of likely N-dealkylation sites (N-methyl/N-ethyl adjacent to an activating group) is 1. The number of aromatic nitrogens is 1. The molecule has 0 spiro atoms. The van der Waals surface area contributed by atoms with Crippen LogP contribution in [0.4, 0.5) is 0 Å². The van der Waals surface area contributed by atoms with Crippen LogP contribution in [0.1, 0.15) is 18.2 Å². The molecule has 1 aromatic heterocycles. The van der Waals surface area contributed by atoms with Crippen LogP contribution in [0.15, 0.2) is 34.6 Å². The van der Waals surface area contributed by atoms with Gasteiger partial charge in [0.2, 0.25) is 0 Å². The van der Waals surface area contributed by atoms with Crippen molar-refractivity contribution in [3.8, 4) is 0 Å². The van der Waals surface area contributed by atoms with Crippen molar-refractivity contribution in [3.05, 3.63) is 40.3 Å². The van der Waals surface area contributed by atoms with Crippen molar-refractivity contribution in [1.29, 1.82) is 0 Å². The minimum Gasteiger partial charge on any atom is -0.496 e. The van der Waals surface area contributed by atoms with Crippen LogP contribution in [-0.4, -0.2) is 18.6 Å². The van der Waals surface area contributed by atoms with E-state index in [4.69, 9.17) is 4.74 Å². The van der Waals surface area contributed by atoms with E-state index in [1.807, 2.05) is 19.2 Å². The zero-order valence-electron chi connectivity index (χ0n) is 8.53. The van der Waals surface area contributed by atoms with Gasteiger partial charge in [-0.2, -0.15) is 0 Å². The van der Waals surface area contributed by atoms with Crippen LogP contribution in [0, 0.1) is 0 Å². The number of rotatable bonds is 3. The monoisotopic (exact) mass is 268 g/mol. The molecular formula is C11H13BrN2O. The summed E-state index contributed by atoms with van der Waals surface area (Å²) >= 11 is 3.50. The molecule has 0 fully saturated rings. The smallest absolute Gasteiger partial charge is 0.115 e. The Labute approximate surface area is 97.7 Å². The van der Waals surface area contributed by atoms with Crippen molar-refractivity contribution in [3.63, 3.8) is 0 Å². The number of nitrogens with zero attached hydrogens (tertiary/aromatic N) is 1. The van der Waals surface area contributed by atoms with Gasteiger partial charge in [-0.05, 0) is 41.2 Å². The molecule has 2 rings (SSSR count). The summed E-state index contributed by atoms with van der Waals surface area (Å²) in [6.07, 6.45) is 4.89. The third-order valence-electron chi connectivity index (χ3n) is 2.37. The summed E-state index contributed by atoms with van der Waals surface area (Å²) in [4.78, 5) is 4.36. The Morgan fingerprint density at radius 2 is 2.47 bits per heavy atom. The Morgan fingerprint density at radius 3 is 3.07 bits per heavy atom. The molecule has 1 atom stereocenters. The van der Waals surface area contributed by atoms with Gasteiger partial charge in [0.15, 0.2) is 0 Å². The maximum Gasteiger partial charge on any atom is 0.115 e. The first-order valence-electron chi connectivity index (χ1n) is 4.93. The first kappa shape index (κ1) is 10.6. The Hall–Kier alpha value is -0.870. The summed E-state index contributed by atoms with van der Waals surface area (Å²) in [7, 11) is 1.91. The molecule has 3 nitrogen and oxygen atoms in total. The highest BCUT2D eigenvalue weighted by Crippen LogP contribution is 2.29. The average Bonchev–Trinajstić information content (AvgIpc) is 2.75. The second-order valence-corrected chi connectivity index (χ2v) is 4.19. The lowest BCUT2D eigenvalue weighted by molar-refractivity contribution is 0.216. The molecular weight excluding hydrogens is 256 g/mol. The van der Waals surface area contributed by atoms with E-state index in [0.717, 1.165) is 29.0 Å². The predicted octanol–water partition coefficient (Wildman–Crippen LogP) is 2.41. The Morgan fingerprint density at radius 1 is 1.60 bits per heavy atom. The van der Waals surface area contributed by atoms with Gasteiger partial charge in [0, 0.05) is 17.1 Å². The molecule has 0 saturated heterocycles. The van der Waals surface area contributed by atoms with E-state index >= 15 is 0 Å². The van der Waals surface area contributed by atoms with E-state index in [0.29, 0.717) is 0 Å². The zero-order valence-corrected chi connectivity index (χ0v) is 10.1. The Kier molecular flexibility index (Phi) is 3.38. The van der Waals surface area contributed by atoms with E-state index in [9.17, 15) is 0 Å². The van der Waals surface area contributed by atoms with Crippen LogP contribution in [0.3, 0.4) is 0 Å². The van der Waals surface area contributed by atoms with Crippen LogP contribution < -0.4 is 5.32 Å². The number of ether oxygens (including phenoxy) is 1. The molecule has 0 radical (unpaired) electrons. The molecule has 1 N–H and O–H groups in total. The molecule has 0 saturated carbocycles. The topological polar surface area (TPSA) is 34.1 Å². The zero-order chi connectivity index (χ0) is 10.7. The lowest BCUT2D eigenvalue weighted by atomic mass is 10.1. The predicted molar refractivity (Wildman–Crippen MR) is 62.4 cm³/mol. The van der Waals surface area contributed by atoms with E-state index in [2.05, 4.69) is 32.3 Å². The number of nitrogens with one attached hydrogen (secondary N) is 1. The van der Waals surface area contributed by atoms with Crippen molar-refractivity contribution in [1.82, 2.24) is 10.3 Å².